The van der Waals surface area contributed by atoms with Crippen LogP contribution in [0.2, 0.25) is 0 Å². The van der Waals surface area contributed by atoms with Crippen LogP contribution in [0.25, 0.3) is 0 Å². The summed E-state index contributed by atoms with van der Waals surface area (Å²) in [5.74, 6) is 0.0898. The number of anilines is 1. The molecule has 0 unspecified atom stereocenters. The number of hydrogen-bond acceptors (Lipinski definition) is 4. The fourth-order valence-electron chi connectivity index (χ4n) is 2.26. The molecule has 1 heterocycles. The zero-order valence-electron chi connectivity index (χ0n) is 13.8. The molecule has 140 valence electrons. The predicted octanol–water partition coefficient (Wildman–Crippen LogP) is 6.19. The predicted molar refractivity (Wildman–Crippen MR) is 101 cm³/mol. The number of carbonyl (C=O) groups excluding carboxylic acids is 1. The molecule has 3 nitrogen and oxygen atoms in total. The van der Waals surface area contributed by atoms with Crippen molar-refractivity contribution in [2.24, 2.45) is 0 Å². The maximum absolute atomic E-state index is 12.6. The molecule has 0 aliphatic heterocycles. The van der Waals surface area contributed by atoms with E-state index in [1.165, 1.54) is 17.0 Å². The average Bonchev–Trinajstić information content (AvgIpc) is 3.14. The highest BCUT2D eigenvalue weighted by Crippen LogP contribution is 2.29. The quantitative estimate of drug-likeness (QED) is 0.493. The van der Waals surface area contributed by atoms with Gasteiger partial charge in [-0.1, -0.05) is 18.2 Å². The van der Waals surface area contributed by atoms with Gasteiger partial charge in [-0.2, -0.15) is 0 Å². The van der Waals surface area contributed by atoms with E-state index in [0.717, 1.165) is 22.8 Å². The van der Waals surface area contributed by atoms with Crippen LogP contribution in [0.3, 0.4) is 0 Å². The van der Waals surface area contributed by atoms with Gasteiger partial charge >= 0.3 is 6.36 Å². The maximum Gasteiger partial charge on any atom is 0.573 e. The van der Waals surface area contributed by atoms with Gasteiger partial charge in [0, 0.05) is 21.2 Å². The number of ether oxygens (including phenoxy) is 1. The molecule has 1 amide bonds. The largest absolute Gasteiger partial charge is 0.573 e. The molecule has 2 aromatic carbocycles. The lowest BCUT2D eigenvalue weighted by molar-refractivity contribution is -0.274. The third kappa shape index (κ3) is 5.77. The number of rotatable bonds is 6. The van der Waals surface area contributed by atoms with Gasteiger partial charge in [-0.25, -0.2) is 0 Å². The average molecular weight is 409 g/mol. The highest BCUT2D eigenvalue weighted by atomic mass is 32.2. The molecule has 3 rings (SSSR count). The van der Waals surface area contributed by atoms with E-state index >= 15 is 0 Å². The van der Waals surface area contributed by atoms with Gasteiger partial charge in [-0.05, 0) is 47.8 Å². The van der Waals surface area contributed by atoms with Crippen molar-refractivity contribution < 1.29 is 22.7 Å². The Morgan fingerprint density at radius 2 is 1.78 bits per heavy atom. The van der Waals surface area contributed by atoms with Gasteiger partial charge in [-0.3, -0.25) is 4.79 Å². The molecule has 0 atom stereocenters. The molecular formula is C19H14F3NO2S2. The van der Waals surface area contributed by atoms with Gasteiger partial charge in [-0.15, -0.1) is 36.3 Å². The minimum Gasteiger partial charge on any atom is -0.406 e. The molecule has 27 heavy (non-hydrogen) atoms. The van der Waals surface area contributed by atoms with Crippen molar-refractivity contribution in [2.45, 2.75) is 17.0 Å². The number of thioether (sulfide) groups is 1. The summed E-state index contributed by atoms with van der Waals surface area (Å²) in [7, 11) is 0. The maximum atomic E-state index is 12.6. The Hall–Kier alpha value is -2.45. The van der Waals surface area contributed by atoms with Crippen LogP contribution in [-0.4, -0.2) is 12.3 Å². The van der Waals surface area contributed by atoms with Gasteiger partial charge in [0.15, 0.2) is 0 Å². The smallest absolute Gasteiger partial charge is 0.406 e. The fraction of sp³-hybridized carbons (Fsp3) is 0.105. The first-order valence-corrected chi connectivity index (χ1v) is 9.68. The third-order valence-electron chi connectivity index (χ3n) is 3.43. The summed E-state index contributed by atoms with van der Waals surface area (Å²) in [5, 5.41) is 4.70. The van der Waals surface area contributed by atoms with Crippen molar-refractivity contribution in [1.82, 2.24) is 0 Å². The first-order chi connectivity index (χ1) is 12.9. The van der Waals surface area contributed by atoms with E-state index in [-0.39, 0.29) is 11.7 Å². The summed E-state index contributed by atoms with van der Waals surface area (Å²) in [6, 6.07) is 16.2. The van der Waals surface area contributed by atoms with Gasteiger partial charge in [0.2, 0.25) is 0 Å². The first kappa shape index (κ1) is 19.3. The third-order valence-corrected chi connectivity index (χ3v) is 5.61. The van der Waals surface area contributed by atoms with E-state index in [9.17, 15) is 18.0 Å². The summed E-state index contributed by atoms with van der Waals surface area (Å²) in [6.07, 6.45) is -4.75. The Balaban J connectivity index is 1.67. The Labute approximate surface area is 162 Å². The lowest BCUT2D eigenvalue weighted by atomic mass is 10.2. The van der Waals surface area contributed by atoms with Crippen molar-refractivity contribution in [2.75, 3.05) is 5.32 Å². The van der Waals surface area contributed by atoms with Crippen molar-refractivity contribution in [3.8, 4) is 5.75 Å². The van der Waals surface area contributed by atoms with Crippen LogP contribution in [0.15, 0.2) is 70.9 Å². The summed E-state index contributed by atoms with van der Waals surface area (Å²) < 4.78 is 40.4. The first-order valence-electron chi connectivity index (χ1n) is 7.82. The molecule has 0 bridgehead atoms. The van der Waals surface area contributed by atoms with Gasteiger partial charge in [0.05, 0.1) is 5.56 Å². The zero-order chi connectivity index (χ0) is 19.3. The number of benzene rings is 2. The van der Waals surface area contributed by atoms with Crippen LogP contribution in [0, 0.1) is 0 Å². The van der Waals surface area contributed by atoms with E-state index in [2.05, 4.69) is 10.1 Å². The molecule has 0 saturated heterocycles. The second-order valence-corrected chi connectivity index (χ2v) is 7.44. The van der Waals surface area contributed by atoms with E-state index in [0.29, 0.717) is 11.3 Å². The Kier molecular flexibility index (Phi) is 6.08. The van der Waals surface area contributed by atoms with E-state index < -0.39 is 6.36 Å². The molecule has 0 aliphatic rings. The van der Waals surface area contributed by atoms with Crippen LogP contribution in [0.5, 0.6) is 5.75 Å². The monoisotopic (exact) mass is 409 g/mol. The van der Waals surface area contributed by atoms with Crippen molar-refractivity contribution in [3.05, 3.63) is 76.5 Å². The minimum atomic E-state index is -4.75. The van der Waals surface area contributed by atoms with Gasteiger partial charge in [0.25, 0.3) is 5.91 Å². The molecule has 0 spiro atoms. The second kappa shape index (κ2) is 8.49. The highest BCUT2D eigenvalue weighted by molar-refractivity contribution is 7.98. The highest BCUT2D eigenvalue weighted by Gasteiger charge is 2.31. The number of carbonyl (C=O) groups is 1. The second-order valence-electron chi connectivity index (χ2n) is 5.39. The number of hydrogen-bond donors (Lipinski definition) is 1. The molecule has 1 N–H and O–H groups in total. The Morgan fingerprint density at radius 1 is 1.04 bits per heavy atom. The van der Waals surface area contributed by atoms with Crippen molar-refractivity contribution >= 4 is 34.7 Å². The summed E-state index contributed by atoms with van der Waals surface area (Å²) in [6.45, 7) is 0. The fourth-order valence-corrected chi connectivity index (χ4v) is 4.09. The molecule has 0 aliphatic carbocycles. The van der Waals surface area contributed by atoms with Crippen LogP contribution >= 0.6 is 23.1 Å². The number of amides is 1. The van der Waals surface area contributed by atoms with Crippen LogP contribution in [0.4, 0.5) is 18.9 Å². The van der Waals surface area contributed by atoms with E-state index in [1.807, 2.05) is 29.6 Å². The van der Waals surface area contributed by atoms with Crippen molar-refractivity contribution in [1.29, 1.82) is 0 Å². The SMILES string of the molecule is O=C(Nc1ccc(OC(F)(F)F)cc1)c1ccccc1SCc1cccs1. The van der Waals surface area contributed by atoms with E-state index in [1.54, 1.807) is 35.2 Å². The topological polar surface area (TPSA) is 38.3 Å². The van der Waals surface area contributed by atoms with Gasteiger partial charge in [0.1, 0.15) is 5.75 Å². The zero-order valence-corrected chi connectivity index (χ0v) is 15.5. The number of halogens is 3. The summed E-state index contributed by atoms with van der Waals surface area (Å²) in [4.78, 5) is 14.6. The molecule has 0 radical (unpaired) electrons. The lowest BCUT2D eigenvalue weighted by Crippen LogP contribution is -2.17. The van der Waals surface area contributed by atoms with Crippen LogP contribution in [0.1, 0.15) is 15.2 Å². The summed E-state index contributed by atoms with van der Waals surface area (Å²) in [5.41, 5.74) is 0.891. The molecule has 8 heteroatoms. The summed E-state index contributed by atoms with van der Waals surface area (Å²) >= 11 is 3.21. The molecule has 0 saturated carbocycles. The van der Waals surface area contributed by atoms with E-state index in [4.69, 9.17) is 0 Å². The van der Waals surface area contributed by atoms with Crippen LogP contribution in [-0.2, 0) is 5.75 Å². The normalized spacial score (nSPS) is 11.2. The van der Waals surface area contributed by atoms with Crippen LogP contribution < -0.4 is 10.1 Å². The molecular weight excluding hydrogens is 395 g/mol. The molecule has 0 fully saturated rings. The number of alkyl halides is 3. The van der Waals surface area contributed by atoms with Crippen molar-refractivity contribution in [3.63, 3.8) is 0 Å². The minimum absolute atomic E-state index is 0.325. The molecule has 1 aromatic heterocycles. The lowest BCUT2D eigenvalue weighted by Gasteiger charge is -2.11. The Morgan fingerprint density at radius 3 is 2.44 bits per heavy atom. The molecule has 3 aromatic rings. The van der Waals surface area contributed by atoms with Gasteiger partial charge < -0.3 is 10.1 Å². The number of thiophene rings is 1. The number of nitrogens with one attached hydrogen (secondary N) is 1. The standard InChI is InChI=1S/C19H14F3NO2S2/c20-19(21,22)25-14-9-7-13(8-10-14)23-18(24)16-5-1-2-6-17(16)27-12-15-4-3-11-26-15/h1-11H,12H2,(H,23,24). The Bertz CT molecular complexity index is 894.